The molecular weight excluding hydrogens is 285 g/mol. The van der Waals surface area contributed by atoms with Crippen molar-refractivity contribution in [3.8, 4) is 5.69 Å². The quantitative estimate of drug-likeness (QED) is 0.938. The number of halogens is 4. The Kier molecular flexibility index (Phi) is 3.85. The second kappa shape index (κ2) is 5.22. The van der Waals surface area contributed by atoms with Crippen LogP contribution in [0.4, 0.5) is 8.78 Å². The third-order valence-corrected chi connectivity index (χ3v) is 3.15. The van der Waals surface area contributed by atoms with Gasteiger partial charge in [0.15, 0.2) is 0 Å². The van der Waals surface area contributed by atoms with Gasteiger partial charge in [0, 0.05) is 5.56 Å². The van der Waals surface area contributed by atoms with Gasteiger partial charge in [-0.25, -0.2) is 13.5 Å². The van der Waals surface area contributed by atoms with Gasteiger partial charge in [0.1, 0.15) is 5.69 Å². The Morgan fingerprint density at radius 1 is 1.28 bits per heavy atom. The second-order valence-corrected chi connectivity index (χ2v) is 4.34. The lowest BCUT2D eigenvalue weighted by Gasteiger charge is -2.09. The van der Waals surface area contributed by atoms with E-state index in [2.05, 4.69) is 5.10 Å². The molecule has 0 fully saturated rings. The molecule has 0 aliphatic heterocycles. The SMILES string of the molecule is OCc1cnn(-c2ccc(Cl)c(Cl)c2)c1C(F)F. The number of alkyl halides is 2. The van der Waals surface area contributed by atoms with Gasteiger partial charge in [0.25, 0.3) is 6.43 Å². The highest BCUT2D eigenvalue weighted by atomic mass is 35.5. The van der Waals surface area contributed by atoms with E-state index in [0.29, 0.717) is 10.7 Å². The van der Waals surface area contributed by atoms with Gasteiger partial charge in [-0.15, -0.1) is 0 Å². The number of aliphatic hydroxyl groups is 1. The van der Waals surface area contributed by atoms with Crippen LogP contribution in [-0.4, -0.2) is 14.9 Å². The van der Waals surface area contributed by atoms with E-state index in [4.69, 9.17) is 28.3 Å². The van der Waals surface area contributed by atoms with E-state index >= 15 is 0 Å². The van der Waals surface area contributed by atoms with E-state index in [-0.39, 0.29) is 16.3 Å². The molecule has 0 amide bonds. The fourth-order valence-electron chi connectivity index (χ4n) is 1.57. The Balaban J connectivity index is 2.56. The van der Waals surface area contributed by atoms with Gasteiger partial charge in [-0.3, -0.25) is 0 Å². The van der Waals surface area contributed by atoms with Gasteiger partial charge in [0.05, 0.1) is 28.5 Å². The fraction of sp³-hybridized carbons (Fsp3) is 0.182. The van der Waals surface area contributed by atoms with Crippen LogP contribution >= 0.6 is 23.2 Å². The highest BCUT2D eigenvalue weighted by Gasteiger charge is 2.20. The molecule has 0 bridgehead atoms. The van der Waals surface area contributed by atoms with Crippen LogP contribution in [-0.2, 0) is 6.61 Å². The summed E-state index contributed by atoms with van der Waals surface area (Å²) in [5.41, 5.74) is 0.0892. The van der Waals surface area contributed by atoms with Crippen molar-refractivity contribution in [3.63, 3.8) is 0 Å². The maximum atomic E-state index is 12.9. The molecule has 96 valence electrons. The standard InChI is InChI=1S/C11H8Cl2F2N2O/c12-8-2-1-7(3-9(8)13)17-10(11(14)15)6(5-18)4-16-17/h1-4,11,18H,5H2. The molecule has 0 aliphatic carbocycles. The predicted octanol–water partition coefficient (Wildman–Crippen LogP) is 3.61. The Bertz CT molecular complexity index is 572. The lowest BCUT2D eigenvalue weighted by molar-refractivity contribution is 0.138. The minimum atomic E-state index is -2.75. The average Bonchev–Trinajstić information content (AvgIpc) is 2.76. The van der Waals surface area contributed by atoms with Crippen molar-refractivity contribution < 1.29 is 13.9 Å². The normalized spacial score (nSPS) is 11.2. The van der Waals surface area contributed by atoms with Crippen molar-refractivity contribution in [2.24, 2.45) is 0 Å². The summed E-state index contributed by atoms with van der Waals surface area (Å²) in [4.78, 5) is 0. The first kappa shape index (κ1) is 13.3. The summed E-state index contributed by atoms with van der Waals surface area (Å²) in [5, 5.41) is 13.4. The zero-order valence-electron chi connectivity index (χ0n) is 8.95. The molecule has 0 saturated heterocycles. The molecule has 1 N–H and O–H groups in total. The summed E-state index contributed by atoms with van der Waals surface area (Å²) in [6.45, 7) is -0.499. The maximum absolute atomic E-state index is 12.9. The van der Waals surface area contributed by atoms with Crippen LogP contribution < -0.4 is 0 Å². The van der Waals surface area contributed by atoms with Crippen LogP contribution in [0.2, 0.25) is 10.0 Å². The third kappa shape index (κ3) is 2.34. The average molecular weight is 293 g/mol. The molecule has 0 spiro atoms. The lowest BCUT2D eigenvalue weighted by Crippen LogP contribution is -2.04. The van der Waals surface area contributed by atoms with Gasteiger partial charge >= 0.3 is 0 Å². The number of benzene rings is 1. The summed E-state index contributed by atoms with van der Waals surface area (Å²) >= 11 is 11.6. The molecule has 2 aromatic rings. The summed E-state index contributed by atoms with van der Waals surface area (Å²) in [7, 11) is 0. The van der Waals surface area contributed by atoms with E-state index in [9.17, 15) is 8.78 Å². The molecule has 0 saturated carbocycles. The van der Waals surface area contributed by atoms with Crippen molar-refractivity contribution in [1.82, 2.24) is 9.78 Å². The van der Waals surface area contributed by atoms with Gasteiger partial charge in [0.2, 0.25) is 0 Å². The van der Waals surface area contributed by atoms with Gasteiger partial charge in [-0.05, 0) is 18.2 Å². The number of hydrogen-bond donors (Lipinski definition) is 1. The second-order valence-electron chi connectivity index (χ2n) is 3.52. The van der Waals surface area contributed by atoms with E-state index in [0.717, 1.165) is 4.68 Å². The van der Waals surface area contributed by atoms with Gasteiger partial charge in [-0.1, -0.05) is 23.2 Å². The molecule has 18 heavy (non-hydrogen) atoms. The largest absolute Gasteiger partial charge is 0.392 e. The molecule has 2 rings (SSSR count). The molecule has 1 aromatic carbocycles. The monoisotopic (exact) mass is 292 g/mol. The first-order chi connectivity index (χ1) is 8.54. The molecular formula is C11H8Cl2F2N2O. The van der Waals surface area contributed by atoms with E-state index in [1.807, 2.05) is 0 Å². The lowest BCUT2D eigenvalue weighted by atomic mass is 10.2. The number of aromatic nitrogens is 2. The minimum absolute atomic E-state index is 0.0797. The van der Waals surface area contributed by atoms with Gasteiger partial charge < -0.3 is 5.11 Å². The fourth-order valence-corrected chi connectivity index (χ4v) is 1.86. The van der Waals surface area contributed by atoms with Crippen molar-refractivity contribution in [2.75, 3.05) is 0 Å². The van der Waals surface area contributed by atoms with Crippen LogP contribution in [0.3, 0.4) is 0 Å². The molecule has 7 heteroatoms. The number of hydrogen-bond acceptors (Lipinski definition) is 2. The molecule has 0 atom stereocenters. The van der Waals surface area contributed by atoms with E-state index in [1.165, 1.54) is 24.4 Å². The summed E-state index contributed by atoms with van der Waals surface area (Å²) in [5.74, 6) is 0. The predicted molar refractivity (Wildman–Crippen MR) is 64.5 cm³/mol. The summed E-state index contributed by atoms with van der Waals surface area (Å²) < 4.78 is 26.9. The van der Waals surface area contributed by atoms with Crippen molar-refractivity contribution in [2.45, 2.75) is 13.0 Å². The van der Waals surface area contributed by atoms with E-state index in [1.54, 1.807) is 0 Å². The van der Waals surface area contributed by atoms with Crippen molar-refractivity contribution in [1.29, 1.82) is 0 Å². The van der Waals surface area contributed by atoms with Crippen LogP contribution in [0.5, 0.6) is 0 Å². The van der Waals surface area contributed by atoms with Crippen molar-refractivity contribution >= 4 is 23.2 Å². The Morgan fingerprint density at radius 2 is 2.00 bits per heavy atom. The van der Waals surface area contributed by atoms with Crippen LogP contribution in [0.25, 0.3) is 5.69 Å². The molecule has 0 unspecified atom stereocenters. The molecule has 1 aromatic heterocycles. The molecule has 0 aliphatic rings. The topological polar surface area (TPSA) is 38.1 Å². The Hall–Kier alpha value is -1.17. The first-order valence-electron chi connectivity index (χ1n) is 4.95. The molecule has 0 radical (unpaired) electrons. The zero-order valence-corrected chi connectivity index (χ0v) is 10.5. The Morgan fingerprint density at radius 3 is 2.56 bits per heavy atom. The van der Waals surface area contributed by atoms with E-state index < -0.39 is 13.0 Å². The Labute approximate surface area is 112 Å². The van der Waals surface area contributed by atoms with Gasteiger partial charge in [-0.2, -0.15) is 5.10 Å². The van der Waals surface area contributed by atoms with Crippen molar-refractivity contribution in [3.05, 3.63) is 45.7 Å². The smallest absolute Gasteiger partial charge is 0.280 e. The van der Waals surface area contributed by atoms with Crippen LogP contribution in [0.1, 0.15) is 17.7 Å². The summed E-state index contributed by atoms with van der Waals surface area (Å²) in [6, 6.07) is 4.45. The molecule has 3 nitrogen and oxygen atoms in total. The number of nitrogens with zero attached hydrogens (tertiary/aromatic N) is 2. The van der Waals surface area contributed by atoms with Crippen LogP contribution in [0.15, 0.2) is 24.4 Å². The number of rotatable bonds is 3. The highest BCUT2D eigenvalue weighted by Crippen LogP contribution is 2.29. The van der Waals surface area contributed by atoms with Crippen LogP contribution in [0, 0.1) is 0 Å². The highest BCUT2D eigenvalue weighted by molar-refractivity contribution is 6.42. The third-order valence-electron chi connectivity index (χ3n) is 2.41. The molecule has 1 heterocycles. The summed E-state index contributed by atoms with van der Waals surface area (Å²) in [6.07, 6.45) is -1.55. The number of aliphatic hydroxyl groups excluding tert-OH is 1. The maximum Gasteiger partial charge on any atom is 0.280 e. The minimum Gasteiger partial charge on any atom is -0.392 e. The first-order valence-corrected chi connectivity index (χ1v) is 5.71. The zero-order chi connectivity index (χ0) is 13.3.